The van der Waals surface area contributed by atoms with E-state index in [1.807, 2.05) is 30.3 Å². The molecule has 1 unspecified atom stereocenters. The molecule has 1 aromatic carbocycles. The molecule has 5 heteroatoms. The Morgan fingerprint density at radius 2 is 1.84 bits per heavy atom. The molecular formula is C14H20O5. The van der Waals surface area contributed by atoms with E-state index in [9.17, 15) is 10.2 Å². The predicted molar refractivity (Wildman–Crippen MR) is 68.4 cm³/mol. The van der Waals surface area contributed by atoms with E-state index in [-0.39, 0.29) is 6.10 Å². The summed E-state index contributed by atoms with van der Waals surface area (Å²) in [5.74, 6) is 0. The maximum atomic E-state index is 9.95. The van der Waals surface area contributed by atoms with Crippen LogP contribution in [0.1, 0.15) is 12.5 Å². The average Bonchev–Trinajstić information content (AvgIpc) is 2.42. The molecule has 19 heavy (non-hydrogen) atoms. The van der Waals surface area contributed by atoms with Crippen molar-refractivity contribution in [2.75, 3.05) is 7.11 Å². The lowest BCUT2D eigenvalue weighted by Crippen LogP contribution is -2.58. The molecule has 1 heterocycles. The van der Waals surface area contributed by atoms with Gasteiger partial charge < -0.3 is 24.4 Å². The van der Waals surface area contributed by atoms with E-state index in [0.717, 1.165) is 5.56 Å². The van der Waals surface area contributed by atoms with Gasteiger partial charge in [0.15, 0.2) is 6.29 Å². The number of rotatable bonds is 4. The van der Waals surface area contributed by atoms with E-state index in [4.69, 9.17) is 14.2 Å². The Morgan fingerprint density at radius 1 is 1.16 bits per heavy atom. The molecule has 0 saturated carbocycles. The SMILES string of the molecule is CO[C@H]1[C@H](OCc2ccccc2)[C@@H](O)C(O)O[C@@H]1C. The third-order valence-corrected chi connectivity index (χ3v) is 3.33. The van der Waals surface area contributed by atoms with Crippen molar-refractivity contribution in [3.63, 3.8) is 0 Å². The Balaban J connectivity index is 2.02. The summed E-state index contributed by atoms with van der Waals surface area (Å²) in [7, 11) is 1.54. The summed E-state index contributed by atoms with van der Waals surface area (Å²) in [6, 6.07) is 9.64. The maximum absolute atomic E-state index is 9.95. The highest BCUT2D eigenvalue weighted by molar-refractivity contribution is 5.13. The molecule has 1 aromatic rings. The zero-order chi connectivity index (χ0) is 13.8. The fourth-order valence-corrected chi connectivity index (χ4v) is 2.29. The van der Waals surface area contributed by atoms with Crippen molar-refractivity contribution >= 4 is 0 Å². The Hall–Kier alpha value is -0.980. The number of hydrogen-bond donors (Lipinski definition) is 2. The molecule has 0 amide bonds. The van der Waals surface area contributed by atoms with Gasteiger partial charge in [0.1, 0.15) is 18.3 Å². The van der Waals surface area contributed by atoms with Gasteiger partial charge in [0.05, 0.1) is 12.7 Å². The van der Waals surface area contributed by atoms with Gasteiger partial charge in [-0.3, -0.25) is 0 Å². The Labute approximate surface area is 112 Å². The highest BCUT2D eigenvalue weighted by Crippen LogP contribution is 2.25. The highest BCUT2D eigenvalue weighted by Gasteiger charge is 2.43. The molecule has 5 nitrogen and oxygen atoms in total. The van der Waals surface area contributed by atoms with Crippen LogP contribution in [0.15, 0.2) is 30.3 Å². The predicted octanol–water partition coefficient (Wildman–Crippen LogP) is 0.685. The van der Waals surface area contributed by atoms with E-state index in [1.54, 1.807) is 6.92 Å². The minimum atomic E-state index is -1.25. The Kier molecular flexibility index (Phi) is 4.90. The molecular weight excluding hydrogens is 248 g/mol. The van der Waals surface area contributed by atoms with Gasteiger partial charge in [-0.25, -0.2) is 0 Å². The van der Waals surface area contributed by atoms with Crippen LogP contribution in [0.25, 0.3) is 0 Å². The number of hydrogen-bond acceptors (Lipinski definition) is 5. The van der Waals surface area contributed by atoms with Gasteiger partial charge in [-0.1, -0.05) is 30.3 Å². The largest absolute Gasteiger partial charge is 0.385 e. The lowest BCUT2D eigenvalue weighted by atomic mass is 9.99. The van der Waals surface area contributed by atoms with Gasteiger partial charge in [-0.05, 0) is 12.5 Å². The molecule has 106 valence electrons. The second-order valence-corrected chi connectivity index (χ2v) is 4.68. The van der Waals surface area contributed by atoms with Gasteiger partial charge in [-0.15, -0.1) is 0 Å². The fourth-order valence-electron chi connectivity index (χ4n) is 2.29. The second kappa shape index (κ2) is 6.45. The summed E-state index contributed by atoms with van der Waals surface area (Å²) in [5.41, 5.74) is 0.998. The van der Waals surface area contributed by atoms with Crippen molar-refractivity contribution in [3.8, 4) is 0 Å². The average molecular weight is 268 g/mol. The van der Waals surface area contributed by atoms with E-state index in [1.165, 1.54) is 7.11 Å². The first-order valence-corrected chi connectivity index (χ1v) is 6.33. The molecule has 0 spiro atoms. The molecule has 0 radical (unpaired) electrons. The third-order valence-electron chi connectivity index (χ3n) is 3.33. The lowest BCUT2D eigenvalue weighted by molar-refractivity contribution is -0.291. The maximum Gasteiger partial charge on any atom is 0.183 e. The van der Waals surface area contributed by atoms with E-state index >= 15 is 0 Å². The minimum absolute atomic E-state index is 0.343. The number of ether oxygens (including phenoxy) is 3. The zero-order valence-electron chi connectivity index (χ0n) is 11.1. The van der Waals surface area contributed by atoms with Gasteiger partial charge >= 0.3 is 0 Å². The van der Waals surface area contributed by atoms with Crippen LogP contribution in [0.3, 0.4) is 0 Å². The van der Waals surface area contributed by atoms with Crippen LogP contribution >= 0.6 is 0 Å². The summed E-state index contributed by atoms with van der Waals surface area (Å²) >= 11 is 0. The molecule has 2 rings (SSSR count). The fraction of sp³-hybridized carbons (Fsp3) is 0.571. The van der Waals surface area contributed by atoms with Gasteiger partial charge in [-0.2, -0.15) is 0 Å². The topological polar surface area (TPSA) is 68.2 Å². The molecule has 5 atom stereocenters. The van der Waals surface area contributed by atoms with Crippen LogP contribution in [0.2, 0.25) is 0 Å². The lowest BCUT2D eigenvalue weighted by Gasteiger charge is -2.41. The number of methoxy groups -OCH3 is 1. The quantitative estimate of drug-likeness (QED) is 0.840. The van der Waals surface area contributed by atoms with E-state index in [0.29, 0.717) is 6.61 Å². The molecule has 1 fully saturated rings. The summed E-state index contributed by atoms with van der Waals surface area (Å²) in [5, 5.41) is 19.6. The summed E-state index contributed by atoms with van der Waals surface area (Å²) in [6.45, 7) is 2.13. The van der Waals surface area contributed by atoms with Gasteiger partial charge in [0.25, 0.3) is 0 Å². The van der Waals surface area contributed by atoms with Crippen molar-refractivity contribution in [1.29, 1.82) is 0 Å². The number of aliphatic hydroxyl groups excluding tert-OH is 2. The van der Waals surface area contributed by atoms with Gasteiger partial charge in [0.2, 0.25) is 0 Å². The van der Waals surface area contributed by atoms with Crippen molar-refractivity contribution in [2.45, 2.75) is 44.2 Å². The van der Waals surface area contributed by atoms with Gasteiger partial charge in [0, 0.05) is 7.11 Å². The van der Waals surface area contributed by atoms with Crippen LogP contribution < -0.4 is 0 Å². The monoisotopic (exact) mass is 268 g/mol. The summed E-state index contributed by atoms with van der Waals surface area (Å²) in [4.78, 5) is 0. The molecule has 0 aromatic heterocycles. The minimum Gasteiger partial charge on any atom is -0.385 e. The first kappa shape index (κ1) is 14.4. The van der Waals surface area contributed by atoms with Crippen LogP contribution in [-0.2, 0) is 20.8 Å². The first-order valence-electron chi connectivity index (χ1n) is 6.33. The number of aliphatic hydroxyl groups is 2. The van der Waals surface area contributed by atoms with Crippen LogP contribution in [0.5, 0.6) is 0 Å². The molecule has 1 aliphatic heterocycles. The molecule has 2 N–H and O–H groups in total. The number of benzene rings is 1. The van der Waals surface area contributed by atoms with Crippen LogP contribution in [0, 0.1) is 0 Å². The molecule has 1 saturated heterocycles. The third kappa shape index (κ3) is 3.32. The van der Waals surface area contributed by atoms with E-state index in [2.05, 4.69) is 0 Å². The van der Waals surface area contributed by atoms with Crippen molar-refractivity contribution in [3.05, 3.63) is 35.9 Å². The van der Waals surface area contributed by atoms with E-state index < -0.39 is 24.6 Å². The Morgan fingerprint density at radius 3 is 2.47 bits per heavy atom. The Bertz CT molecular complexity index is 383. The smallest absolute Gasteiger partial charge is 0.183 e. The molecule has 0 bridgehead atoms. The first-order chi connectivity index (χ1) is 9.13. The molecule has 0 aliphatic carbocycles. The van der Waals surface area contributed by atoms with Crippen molar-refractivity contribution in [1.82, 2.24) is 0 Å². The van der Waals surface area contributed by atoms with Crippen LogP contribution in [-0.4, -0.2) is 48.0 Å². The van der Waals surface area contributed by atoms with Crippen molar-refractivity contribution in [2.24, 2.45) is 0 Å². The normalized spacial score (nSPS) is 35.3. The van der Waals surface area contributed by atoms with Crippen molar-refractivity contribution < 1.29 is 24.4 Å². The molecule has 1 aliphatic rings. The van der Waals surface area contributed by atoms with Crippen LogP contribution in [0.4, 0.5) is 0 Å². The standard InChI is InChI=1S/C14H20O5/c1-9-12(17-2)13(11(15)14(16)19-9)18-8-10-6-4-3-5-7-10/h3-7,9,11-16H,8H2,1-2H3/t9-,11-,12-,13-,14?/m1/s1. The summed E-state index contributed by atoms with van der Waals surface area (Å²) < 4.78 is 16.2. The summed E-state index contributed by atoms with van der Waals surface area (Å²) in [6.07, 6.45) is -3.75. The highest BCUT2D eigenvalue weighted by atomic mass is 16.7. The zero-order valence-corrected chi connectivity index (χ0v) is 11.1. The second-order valence-electron chi connectivity index (χ2n) is 4.68.